The molecule has 0 atom stereocenters. The Hall–Kier alpha value is -3.74. The monoisotopic (exact) mass is 388 g/mol. The Labute approximate surface area is 167 Å². The van der Waals surface area contributed by atoms with Crippen molar-refractivity contribution in [2.24, 2.45) is 0 Å². The maximum atomic E-state index is 12.3. The number of benzene rings is 2. The van der Waals surface area contributed by atoms with Crippen molar-refractivity contribution in [3.05, 3.63) is 87.6 Å². The van der Waals surface area contributed by atoms with Crippen molar-refractivity contribution >= 4 is 16.7 Å². The smallest absolute Gasteiger partial charge is 0.312 e. The van der Waals surface area contributed by atoms with Crippen LogP contribution in [0.15, 0.2) is 59.4 Å². The number of carbonyl (C=O) groups excluding carboxylic acids is 1. The molecule has 0 radical (unpaired) electrons. The lowest BCUT2D eigenvalue weighted by molar-refractivity contribution is -0.144. The Balaban J connectivity index is 1.42. The molecule has 2 aromatic heterocycles. The summed E-state index contributed by atoms with van der Waals surface area (Å²) in [7, 11) is 0. The van der Waals surface area contributed by atoms with Crippen molar-refractivity contribution in [3.8, 4) is 5.69 Å². The number of esters is 1. The number of nitrogens with zero attached hydrogens (tertiary/aromatic N) is 3. The van der Waals surface area contributed by atoms with E-state index >= 15 is 0 Å². The lowest BCUT2D eigenvalue weighted by atomic mass is 10.1. The maximum Gasteiger partial charge on any atom is 0.312 e. The number of aromatic amines is 1. The molecule has 0 aliphatic carbocycles. The number of aryl methyl sites for hydroxylation is 2. The number of H-pyrrole nitrogens is 1. The highest BCUT2D eigenvalue weighted by atomic mass is 16.5. The molecule has 0 aliphatic rings. The Morgan fingerprint density at radius 2 is 1.79 bits per heavy atom. The summed E-state index contributed by atoms with van der Waals surface area (Å²) in [6, 6.07) is 16.8. The molecule has 0 saturated carbocycles. The molecule has 29 heavy (non-hydrogen) atoms. The second kappa shape index (κ2) is 7.71. The van der Waals surface area contributed by atoms with Gasteiger partial charge in [0.25, 0.3) is 5.56 Å². The lowest BCUT2D eigenvalue weighted by Gasteiger charge is -2.08. The van der Waals surface area contributed by atoms with Crippen molar-refractivity contribution in [2.45, 2.75) is 26.9 Å². The summed E-state index contributed by atoms with van der Waals surface area (Å²) < 4.78 is 7.26. The highest BCUT2D eigenvalue weighted by Crippen LogP contribution is 2.15. The van der Waals surface area contributed by atoms with Crippen LogP contribution in [0.5, 0.6) is 0 Å². The fraction of sp³-hybridized carbons (Fsp3) is 0.182. The van der Waals surface area contributed by atoms with Gasteiger partial charge in [0, 0.05) is 11.1 Å². The normalized spacial score (nSPS) is 11.0. The molecular weight excluding hydrogens is 368 g/mol. The van der Waals surface area contributed by atoms with Gasteiger partial charge in [-0.05, 0) is 43.7 Å². The van der Waals surface area contributed by atoms with Gasteiger partial charge in [-0.15, -0.1) is 0 Å². The first-order chi connectivity index (χ1) is 14.0. The molecule has 0 saturated heterocycles. The average Bonchev–Trinajstić information content (AvgIpc) is 3.07. The van der Waals surface area contributed by atoms with Gasteiger partial charge in [-0.1, -0.05) is 30.3 Å². The van der Waals surface area contributed by atoms with Gasteiger partial charge in [-0.3, -0.25) is 9.59 Å². The number of ether oxygens (including phenoxy) is 1. The predicted molar refractivity (Wildman–Crippen MR) is 109 cm³/mol. The van der Waals surface area contributed by atoms with Crippen LogP contribution >= 0.6 is 0 Å². The van der Waals surface area contributed by atoms with E-state index in [2.05, 4.69) is 15.3 Å². The third-order valence-electron chi connectivity index (χ3n) is 4.68. The zero-order valence-corrected chi connectivity index (χ0v) is 16.2. The standard InChI is InChI=1S/C22H20N4O3/c1-14-11-15(2)26(25-14)17-9-7-16(8-10-17)13-29-21(27)12-20-18-5-3-4-6-19(18)22(28)24-23-20/h3-11H,12-13H2,1-2H3,(H,24,28). The van der Waals surface area contributed by atoms with Crippen LogP contribution in [0.2, 0.25) is 0 Å². The van der Waals surface area contributed by atoms with Gasteiger partial charge in [0.15, 0.2) is 0 Å². The number of carbonyl (C=O) groups is 1. The Kier molecular flexibility index (Phi) is 4.95. The molecule has 4 aromatic rings. The molecular formula is C22H20N4O3. The highest BCUT2D eigenvalue weighted by molar-refractivity contribution is 5.86. The van der Waals surface area contributed by atoms with Crippen LogP contribution in [-0.2, 0) is 22.6 Å². The van der Waals surface area contributed by atoms with Gasteiger partial charge in [0.1, 0.15) is 6.61 Å². The molecule has 0 fully saturated rings. The molecule has 7 nitrogen and oxygen atoms in total. The summed E-state index contributed by atoms with van der Waals surface area (Å²) in [5.74, 6) is -0.405. The van der Waals surface area contributed by atoms with E-state index in [4.69, 9.17) is 4.74 Å². The number of rotatable bonds is 5. The molecule has 2 heterocycles. The summed E-state index contributed by atoms with van der Waals surface area (Å²) in [5, 5.41) is 12.1. The average molecular weight is 388 g/mol. The minimum atomic E-state index is -0.405. The van der Waals surface area contributed by atoms with E-state index in [1.807, 2.05) is 54.9 Å². The van der Waals surface area contributed by atoms with E-state index in [-0.39, 0.29) is 18.6 Å². The van der Waals surface area contributed by atoms with Gasteiger partial charge in [0.05, 0.1) is 28.9 Å². The molecule has 2 aromatic carbocycles. The summed E-state index contributed by atoms with van der Waals surface area (Å²) in [6.07, 6.45) is -0.0128. The lowest BCUT2D eigenvalue weighted by Crippen LogP contribution is -2.15. The summed E-state index contributed by atoms with van der Waals surface area (Å²) in [6.45, 7) is 4.12. The van der Waals surface area contributed by atoms with Gasteiger partial charge in [-0.2, -0.15) is 10.2 Å². The molecule has 0 aliphatic heterocycles. The fourth-order valence-electron chi connectivity index (χ4n) is 3.28. The minimum Gasteiger partial charge on any atom is -0.461 e. The van der Waals surface area contributed by atoms with Gasteiger partial charge in [0.2, 0.25) is 0 Å². The van der Waals surface area contributed by atoms with Gasteiger partial charge in [-0.25, -0.2) is 9.78 Å². The summed E-state index contributed by atoms with van der Waals surface area (Å²) in [4.78, 5) is 24.1. The highest BCUT2D eigenvalue weighted by Gasteiger charge is 2.12. The van der Waals surface area contributed by atoms with Crippen LogP contribution in [0.1, 0.15) is 22.6 Å². The number of nitrogens with one attached hydrogen (secondary N) is 1. The predicted octanol–water partition coefficient (Wildman–Crippen LogP) is 3.01. The van der Waals surface area contributed by atoms with E-state index < -0.39 is 5.97 Å². The first-order valence-corrected chi connectivity index (χ1v) is 9.26. The van der Waals surface area contributed by atoms with Crippen LogP contribution in [0.25, 0.3) is 16.5 Å². The number of aromatic nitrogens is 4. The number of hydrogen-bond acceptors (Lipinski definition) is 5. The third-order valence-corrected chi connectivity index (χ3v) is 4.68. The summed E-state index contributed by atoms with van der Waals surface area (Å²) >= 11 is 0. The van der Waals surface area contributed by atoms with E-state index in [9.17, 15) is 9.59 Å². The molecule has 0 bridgehead atoms. The Morgan fingerprint density at radius 1 is 1.07 bits per heavy atom. The topological polar surface area (TPSA) is 89.9 Å². The molecule has 1 N–H and O–H groups in total. The van der Waals surface area contributed by atoms with Crippen LogP contribution in [0, 0.1) is 13.8 Å². The molecule has 146 valence electrons. The summed E-state index contributed by atoms with van der Waals surface area (Å²) in [5.41, 5.74) is 4.06. The van der Waals surface area contributed by atoms with Crippen molar-refractivity contribution in [1.29, 1.82) is 0 Å². The SMILES string of the molecule is Cc1cc(C)n(-c2ccc(COC(=O)Cc3n[nH]c(=O)c4ccccc34)cc2)n1. The van der Waals surface area contributed by atoms with Crippen LogP contribution in [-0.4, -0.2) is 25.9 Å². The van der Waals surface area contributed by atoms with Gasteiger partial charge < -0.3 is 4.74 Å². The zero-order valence-electron chi connectivity index (χ0n) is 16.2. The van der Waals surface area contributed by atoms with E-state index in [1.54, 1.807) is 18.2 Å². The van der Waals surface area contributed by atoms with Crippen molar-refractivity contribution in [1.82, 2.24) is 20.0 Å². The van der Waals surface area contributed by atoms with Crippen LogP contribution in [0.4, 0.5) is 0 Å². The second-order valence-electron chi connectivity index (χ2n) is 6.89. The van der Waals surface area contributed by atoms with Gasteiger partial charge >= 0.3 is 5.97 Å². The Morgan fingerprint density at radius 3 is 2.48 bits per heavy atom. The zero-order chi connectivity index (χ0) is 20.4. The largest absolute Gasteiger partial charge is 0.461 e. The van der Waals surface area contributed by atoms with E-state index in [0.29, 0.717) is 16.5 Å². The molecule has 7 heteroatoms. The minimum absolute atomic E-state index is 0.0128. The molecule has 0 unspecified atom stereocenters. The first-order valence-electron chi connectivity index (χ1n) is 9.26. The fourth-order valence-corrected chi connectivity index (χ4v) is 3.28. The molecule has 4 rings (SSSR count). The van der Waals surface area contributed by atoms with Crippen molar-refractivity contribution in [3.63, 3.8) is 0 Å². The quantitative estimate of drug-likeness (QED) is 0.531. The number of fused-ring (bicyclic) bond motifs is 1. The van der Waals surface area contributed by atoms with Crippen LogP contribution < -0.4 is 5.56 Å². The van der Waals surface area contributed by atoms with Crippen molar-refractivity contribution in [2.75, 3.05) is 0 Å². The van der Waals surface area contributed by atoms with E-state index in [1.165, 1.54) is 0 Å². The second-order valence-corrected chi connectivity index (χ2v) is 6.89. The van der Waals surface area contributed by atoms with E-state index in [0.717, 1.165) is 22.6 Å². The number of hydrogen-bond donors (Lipinski definition) is 1. The molecule has 0 amide bonds. The molecule has 0 spiro atoms. The first kappa shape index (κ1) is 18.6. The maximum absolute atomic E-state index is 12.3. The van der Waals surface area contributed by atoms with Crippen molar-refractivity contribution < 1.29 is 9.53 Å². The van der Waals surface area contributed by atoms with Crippen LogP contribution in [0.3, 0.4) is 0 Å². The third kappa shape index (κ3) is 3.94. The Bertz CT molecular complexity index is 1240.